The number of amides is 2. The molecule has 2 aromatic carbocycles. The summed E-state index contributed by atoms with van der Waals surface area (Å²) in [5.41, 5.74) is 3.17. The quantitative estimate of drug-likeness (QED) is 0.697. The molecule has 1 atom stereocenters. The molecule has 0 saturated heterocycles. The normalized spacial score (nSPS) is 11.8. The number of aryl methyl sites for hydroxylation is 1. The van der Waals surface area contributed by atoms with E-state index < -0.39 is 0 Å². The van der Waals surface area contributed by atoms with Gasteiger partial charge in [0.2, 0.25) is 0 Å². The number of ether oxygens (including phenoxy) is 1. The fourth-order valence-corrected chi connectivity index (χ4v) is 2.28. The highest BCUT2D eigenvalue weighted by Crippen LogP contribution is 2.17. The Labute approximate surface area is 142 Å². The van der Waals surface area contributed by atoms with Crippen LogP contribution < -0.4 is 10.6 Å². The summed E-state index contributed by atoms with van der Waals surface area (Å²) in [6.07, 6.45) is -0.291. The average molecular weight is 328 g/mol. The second kappa shape index (κ2) is 9.70. The number of rotatable bonds is 8. The lowest BCUT2D eigenvalue weighted by Gasteiger charge is -2.19. The standard InChI is InChI=1S/C19H24N2O3/c1-15-7-9-17(10-8-15)18(24-12-11-22)14-21-19(23)20-13-16-5-3-2-4-6-16/h2-10,18,22H,11-14H2,1H3,(H2,20,21,23)/t18-/m0/s1. The van der Waals surface area contributed by atoms with Crippen LogP contribution in [0, 0.1) is 6.92 Å². The SMILES string of the molecule is Cc1ccc([C@H](CNC(=O)NCc2ccccc2)OCCO)cc1. The first-order valence-corrected chi connectivity index (χ1v) is 8.03. The molecule has 0 bridgehead atoms. The third-order valence-electron chi connectivity index (χ3n) is 3.60. The smallest absolute Gasteiger partial charge is 0.315 e. The van der Waals surface area contributed by atoms with Gasteiger partial charge in [-0.1, -0.05) is 60.2 Å². The van der Waals surface area contributed by atoms with Gasteiger partial charge in [0.05, 0.1) is 19.3 Å². The van der Waals surface area contributed by atoms with Gasteiger partial charge in [0.1, 0.15) is 0 Å². The number of carbonyl (C=O) groups excluding carboxylic acids is 1. The van der Waals surface area contributed by atoms with Gasteiger partial charge in [0.15, 0.2) is 0 Å². The minimum Gasteiger partial charge on any atom is -0.394 e. The maximum atomic E-state index is 12.0. The fraction of sp³-hybridized carbons (Fsp3) is 0.316. The highest BCUT2D eigenvalue weighted by Gasteiger charge is 2.13. The van der Waals surface area contributed by atoms with Gasteiger partial charge in [-0.3, -0.25) is 0 Å². The lowest BCUT2D eigenvalue weighted by molar-refractivity contribution is 0.0294. The zero-order valence-corrected chi connectivity index (χ0v) is 13.9. The van der Waals surface area contributed by atoms with Crippen molar-refractivity contribution in [2.45, 2.75) is 19.6 Å². The number of aliphatic hydroxyl groups excluding tert-OH is 1. The van der Waals surface area contributed by atoms with Gasteiger partial charge in [0, 0.05) is 13.1 Å². The molecule has 5 heteroatoms. The van der Waals surface area contributed by atoms with E-state index in [0.29, 0.717) is 13.1 Å². The van der Waals surface area contributed by atoms with E-state index in [-0.39, 0.29) is 25.3 Å². The van der Waals surface area contributed by atoms with Crippen molar-refractivity contribution < 1.29 is 14.6 Å². The third-order valence-corrected chi connectivity index (χ3v) is 3.60. The first-order valence-electron chi connectivity index (χ1n) is 8.03. The maximum Gasteiger partial charge on any atom is 0.315 e. The topological polar surface area (TPSA) is 70.6 Å². The Morgan fingerprint density at radius 1 is 1.08 bits per heavy atom. The summed E-state index contributed by atoms with van der Waals surface area (Å²) in [7, 11) is 0. The zero-order valence-electron chi connectivity index (χ0n) is 13.9. The van der Waals surface area contributed by atoms with Crippen LogP contribution in [-0.2, 0) is 11.3 Å². The first kappa shape index (κ1) is 18.0. The molecule has 24 heavy (non-hydrogen) atoms. The van der Waals surface area contributed by atoms with Crippen molar-refractivity contribution >= 4 is 6.03 Å². The summed E-state index contributed by atoms with van der Waals surface area (Å²) in [6, 6.07) is 17.4. The third kappa shape index (κ3) is 6.02. The molecule has 0 unspecified atom stereocenters. The molecule has 2 amide bonds. The molecular formula is C19H24N2O3. The van der Waals surface area contributed by atoms with Crippen LogP contribution >= 0.6 is 0 Å². The molecular weight excluding hydrogens is 304 g/mol. The molecule has 5 nitrogen and oxygen atoms in total. The summed E-state index contributed by atoms with van der Waals surface area (Å²) in [5.74, 6) is 0. The molecule has 0 spiro atoms. The summed E-state index contributed by atoms with van der Waals surface area (Å²) in [5, 5.41) is 14.6. The molecule has 0 aromatic heterocycles. The van der Waals surface area contributed by atoms with Crippen LogP contribution in [0.4, 0.5) is 4.79 Å². The van der Waals surface area contributed by atoms with Gasteiger partial charge < -0.3 is 20.5 Å². The van der Waals surface area contributed by atoms with Crippen LogP contribution in [-0.4, -0.2) is 30.9 Å². The van der Waals surface area contributed by atoms with Crippen molar-refractivity contribution in [3.05, 3.63) is 71.3 Å². The van der Waals surface area contributed by atoms with Crippen LogP contribution in [0.5, 0.6) is 0 Å². The van der Waals surface area contributed by atoms with E-state index in [9.17, 15) is 4.79 Å². The second-order valence-electron chi connectivity index (χ2n) is 5.54. The van der Waals surface area contributed by atoms with Crippen molar-refractivity contribution in [2.75, 3.05) is 19.8 Å². The van der Waals surface area contributed by atoms with Gasteiger partial charge in [0.25, 0.3) is 0 Å². The minimum atomic E-state index is -0.291. The summed E-state index contributed by atoms with van der Waals surface area (Å²) < 4.78 is 5.64. The predicted octanol–water partition coefficient (Wildman–Crippen LogP) is 2.54. The first-order chi connectivity index (χ1) is 11.7. The van der Waals surface area contributed by atoms with Gasteiger partial charge in [-0.2, -0.15) is 0 Å². The zero-order chi connectivity index (χ0) is 17.2. The van der Waals surface area contributed by atoms with E-state index in [1.54, 1.807) is 0 Å². The van der Waals surface area contributed by atoms with E-state index in [0.717, 1.165) is 16.7 Å². The molecule has 128 valence electrons. The molecule has 0 aliphatic heterocycles. The van der Waals surface area contributed by atoms with Crippen LogP contribution in [0.2, 0.25) is 0 Å². The number of hydrogen-bond donors (Lipinski definition) is 3. The van der Waals surface area contributed by atoms with Crippen molar-refractivity contribution in [1.82, 2.24) is 10.6 Å². The molecule has 0 aliphatic rings. The number of nitrogens with one attached hydrogen (secondary N) is 2. The molecule has 0 saturated carbocycles. The van der Waals surface area contributed by atoms with Gasteiger partial charge in [-0.05, 0) is 18.1 Å². The number of hydrogen-bond acceptors (Lipinski definition) is 3. The second-order valence-corrected chi connectivity index (χ2v) is 5.54. The number of benzene rings is 2. The molecule has 0 heterocycles. The largest absolute Gasteiger partial charge is 0.394 e. The van der Waals surface area contributed by atoms with Gasteiger partial charge in [-0.15, -0.1) is 0 Å². The summed E-state index contributed by atoms with van der Waals surface area (Å²) in [4.78, 5) is 12.0. The van der Waals surface area contributed by atoms with E-state index in [1.165, 1.54) is 0 Å². The molecule has 0 fully saturated rings. The van der Waals surface area contributed by atoms with Crippen LogP contribution in [0.1, 0.15) is 22.8 Å². The molecule has 3 N–H and O–H groups in total. The Morgan fingerprint density at radius 3 is 2.46 bits per heavy atom. The van der Waals surface area contributed by atoms with Crippen molar-refractivity contribution in [3.8, 4) is 0 Å². The number of aliphatic hydroxyl groups is 1. The molecule has 0 radical (unpaired) electrons. The minimum absolute atomic E-state index is 0.0530. The number of urea groups is 1. The highest BCUT2D eigenvalue weighted by molar-refractivity contribution is 5.73. The van der Waals surface area contributed by atoms with Gasteiger partial charge in [-0.25, -0.2) is 4.79 Å². The Morgan fingerprint density at radius 2 is 1.79 bits per heavy atom. The Bertz CT molecular complexity index is 614. The maximum absolute atomic E-state index is 12.0. The Balaban J connectivity index is 1.85. The van der Waals surface area contributed by atoms with Crippen LogP contribution in [0.3, 0.4) is 0 Å². The average Bonchev–Trinajstić information content (AvgIpc) is 2.62. The van der Waals surface area contributed by atoms with Crippen LogP contribution in [0.25, 0.3) is 0 Å². The fourth-order valence-electron chi connectivity index (χ4n) is 2.28. The molecule has 2 rings (SSSR count). The van der Waals surface area contributed by atoms with Crippen LogP contribution in [0.15, 0.2) is 54.6 Å². The number of carbonyl (C=O) groups is 1. The molecule has 2 aromatic rings. The Hall–Kier alpha value is -2.37. The van der Waals surface area contributed by atoms with E-state index in [4.69, 9.17) is 9.84 Å². The lowest BCUT2D eigenvalue weighted by Crippen LogP contribution is -2.38. The van der Waals surface area contributed by atoms with Gasteiger partial charge >= 0.3 is 6.03 Å². The van der Waals surface area contributed by atoms with E-state index in [1.807, 2.05) is 61.5 Å². The summed E-state index contributed by atoms with van der Waals surface area (Å²) >= 11 is 0. The highest BCUT2D eigenvalue weighted by atomic mass is 16.5. The van der Waals surface area contributed by atoms with E-state index >= 15 is 0 Å². The summed E-state index contributed by atoms with van der Waals surface area (Å²) in [6.45, 7) is 3.00. The van der Waals surface area contributed by atoms with Crippen molar-refractivity contribution in [2.24, 2.45) is 0 Å². The predicted molar refractivity (Wildman–Crippen MR) is 93.6 cm³/mol. The molecule has 0 aliphatic carbocycles. The lowest BCUT2D eigenvalue weighted by atomic mass is 10.1. The van der Waals surface area contributed by atoms with E-state index in [2.05, 4.69) is 10.6 Å². The van der Waals surface area contributed by atoms with Crippen molar-refractivity contribution in [3.63, 3.8) is 0 Å². The monoisotopic (exact) mass is 328 g/mol. The van der Waals surface area contributed by atoms with Crippen molar-refractivity contribution in [1.29, 1.82) is 0 Å². The Kier molecular flexibility index (Phi) is 7.26.